The third-order valence-electron chi connectivity index (χ3n) is 4.08. The number of amides is 1. The summed E-state index contributed by atoms with van der Waals surface area (Å²) in [5.74, 6) is 1.27. The quantitative estimate of drug-likeness (QED) is 0.767. The molecule has 2 heterocycles. The van der Waals surface area contributed by atoms with Crippen LogP contribution >= 0.6 is 11.8 Å². The molecule has 134 valence electrons. The van der Waals surface area contributed by atoms with E-state index in [1.807, 2.05) is 46.8 Å². The van der Waals surface area contributed by atoms with Crippen molar-refractivity contribution in [3.63, 3.8) is 0 Å². The van der Waals surface area contributed by atoms with E-state index in [1.54, 1.807) is 0 Å². The normalized spacial score (nSPS) is 16.2. The third-order valence-corrected chi connectivity index (χ3v) is 5.02. The summed E-state index contributed by atoms with van der Waals surface area (Å²) >= 11 is 1.42. The van der Waals surface area contributed by atoms with Crippen LogP contribution in [0.25, 0.3) is 5.69 Å². The largest absolute Gasteiger partial charge is 0.378 e. The molecule has 1 saturated heterocycles. The van der Waals surface area contributed by atoms with E-state index in [9.17, 15) is 4.79 Å². The Morgan fingerprint density at radius 1 is 1.16 bits per heavy atom. The number of hydrogen-bond donors (Lipinski definition) is 0. The molecule has 6 nitrogen and oxygen atoms in total. The Bertz CT molecular complexity index is 711. The molecule has 7 heteroatoms. The maximum absolute atomic E-state index is 12.6. The fourth-order valence-electron chi connectivity index (χ4n) is 2.74. The lowest BCUT2D eigenvalue weighted by Crippen LogP contribution is -2.44. The van der Waals surface area contributed by atoms with Crippen molar-refractivity contribution in [2.75, 3.05) is 26.3 Å². The summed E-state index contributed by atoms with van der Waals surface area (Å²) in [6, 6.07) is 9.97. The molecule has 2 aromatic rings. The Balaban J connectivity index is 1.77. The smallest absolute Gasteiger partial charge is 0.236 e. The summed E-state index contributed by atoms with van der Waals surface area (Å²) in [7, 11) is 0. The zero-order chi connectivity index (χ0) is 17.8. The molecule has 0 radical (unpaired) electrons. The lowest BCUT2D eigenvalue weighted by atomic mass is 10.2. The molecule has 1 amide bonds. The molecule has 1 atom stereocenters. The van der Waals surface area contributed by atoms with Gasteiger partial charge in [-0.2, -0.15) is 0 Å². The number of hydrogen-bond acceptors (Lipinski definition) is 5. The number of ether oxygens (including phenoxy) is 1. The van der Waals surface area contributed by atoms with E-state index in [-0.39, 0.29) is 17.1 Å². The topological polar surface area (TPSA) is 60.2 Å². The fraction of sp³-hybridized carbons (Fsp3) is 0.500. The summed E-state index contributed by atoms with van der Waals surface area (Å²) in [5.41, 5.74) is 0.984. The first-order chi connectivity index (χ1) is 12.1. The Morgan fingerprint density at radius 3 is 2.48 bits per heavy atom. The van der Waals surface area contributed by atoms with Gasteiger partial charge in [-0.1, -0.05) is 43.8 Å². The summed E-state index contributed by atoms with van der Waals surface area (Å²) in [6.07, 6.45) is 0. The van der Waals surface area contributed by atoms with Gasteiger partial charge in [0.2, 0.25) is 11.1 Å². The highest BCUT2D eigenvalue weighted by Crippen LogP contribution is 2.26. The second kappa shape index (κ2) is 8.01. The molecule has 3 rings (SSSR count). The number of nitrogens with zero attached hydrogens (tertiary/aromatic N) is 4. The van der Waals surface area contributed by atoms with E-state index in [2.05, 4.69) is 23.9 Å². The van der Waals surface area contributed by atoms with Gasteiger partial charge < -0.3 is 9.64 Å². The Kier molecular flexibility index (Phi) is 5.75. The van der Waals surface area contributed by atoms with E-state index in [4.69, 9.17) is 4.74 Å². The van der Waals surface area contributed by atoms with E-state index in [1.165, 1.54) is 11.8 Å². The minimum absolute atomic E-state index is 0.121. The number of carbonyl (C=O) groups excluding carboxylic acids is 1. The zero-order valence-electron chi connectivity index (χ0n) is 14.9. The standard InChI is InChI=1S/C18H24N4O2S/c1-13(2)16-19-18(20-22(16)15-7-5-4-6-8-15)25-14(3)17(23)21-9-11-24-12-10-21/h4-8,13-14H,9-12H2,1-3H3. The lowest BCUT2D eigenvalue weighted by molar-refractivity contribution is -0.134. The van der Waals surface area contributed by atoms with Gasteiger partial charge in [0.1, 0.15) is 5.82 Å². The van der Waals surface area contributed by atoms with Gasteiger partial charge in [-0.15, -0.1) is 5.10 Å². The van der Waals surface area contributed by atoms with Crippen LogP contribution in [0, 0.1) is 0 Å². The van der Waals surface area contributed by atoms with Crippen LogP contribution < -0.4 is 0 Å². The molecule has 1 unspecified atom stereocenters. The van der Waals surface area contributed by atoms with Gasteiger partial charge in [-0.3, -0.25) is 4.79 Å². The van der Waals surface area contributed by atoms with Crippen molar-refractivity contribution >= 4 is 17.7 Å². The van der Waals surface area contributed by atoms with E-state index in [0.29, 0.717) is 31.5 Å². The van der Waals surface area contributed by atoms with Crippen molar-refractivity contribution in [1.29, 1.82) is 0 Å². The van der Waals surface area contributed by atoms with Crippen molar-refractivity contribution in [3.8, 4) is 5.69 Å². The van der Waals surface area contributed by atoms with Crippen LogP contribution in [-0.4, -0.2) is 57.1 Å². The lowest BCUT2D eigenvalue weighted by Gasteiger charge is -2.28. The second-order valence-electron chi connectivity index (χ2n) is 6.35. The van der Waals surface area contributed by atoms with E-state index < -0.39 is 0 Å². The number of para-hydroxylation sites is 1. The van der Waals surface area contributed by atoms with Crippen LogP contribution in [0.4, 0.5) is 0 Å². The van der Waals surface area contributed by atoms with Crippen LogP contribution in [0.3, 0.4) is 0 Å². The molecule has 1 aliphatic rings. The molecule has 25 heavy (non-hydrogen) atoms. The minimum Gasteiger partial charge on any atom is -0.378 e. The fourth-order valence-corrected chi connectivity index (χ4v) is 3.58. The first kappa shape index (κ1) is 17.9. The Hall–Kier alpha value is -1.86. The Labute approximate surface area is 152 Å². The molecule has 0 aliphatic carbocycles. The number of thioether (sulfide) groups is 1. The van der Waals surface area contributed by atoms with Crippen molar-refractivity contribution in [2.45, 2.75) is 37.1 Å². The second-order valence-corrected chi connectivity index (χ2v) is 7.66. The van der Waals surface area contributed by atoms with Crippen LogP contribution in [0.1, 0.15) is 32.5 Å². The highest BCUT2D eigenvalue weighted by molar-refractivity contribution is 8.00. The van der Waals surface area contributed by atoms with Gasteiger partial charge >= 0.3 is 0 Å². The molecule has 0 saturated carbocycles. The average molecular weight is 360 g/mol. The molecule has 1 aromatic carbocycles. The maximum Gasteiger partial charge on any atom is 0.236 e. The van der Waals surface area contributed by atoms with Crippen LogP contribution in [0.15, 0.2) is 35.5 Å². The molecule has 1 aliphatic heterocycles. The molecule has 1 aromatic heterocycles. The van der Waals surface area contributed by atoms with Gasteiger partial charge in [-0.25, -0.2) is 9.67 Å². The molecule has 0 bridgehead atoms. The number of rotatable bonds is 5. The van der Waals surface area contributed by atoms with E-state index in [0.717, 1.165) is 11.5 Å². The van der Waals surface area contributed by atoms with Gasteiger partial charge in [-0.05, 0) is 19.1 Å². The van der Waals surface area contributed by atoms with Gasteiger partial charge in [0.05, 0.1) is 24.2 Å². The van der Waals surface area contributed by atoms with Gasteiger partial charge in [0.15, 0.2) is 0 Å². The third kappa shape index (κ3) is 4.22. The average Bonchev–Trinajstić information content (AvgIpc) is 3.06. The molecule has 1 fully saturated rings. The predicted octanol–water partition coefficient (Wildman–Crippen LogP) is 2.73. The number of aromatic nitrogens is 3. The van der Waals surface area contributed by atoms with Gasteiger partial charge in [0.25, 0.3) is 0 Å². The molecular weight excluding hydrogens is 336 g/mol. The summed E-state index contributed by atoms with van der Waals surface area (Å²) in [6.45, 7) is 8.66. The van der Waals surface area contributed by atoms with Crippen molar-refractivity contribution < 1.29 is 9.53 Å². The number of carbonyl (C=O) groups is 1. The monoisotopic (exact) mass is 360 g/mol. The van der Waals surface area contributed by atoms with Crippen molar-refractivity contribution in [3.05, 3.63) is 36.2 Å². The number of benzene rings is 1. The first-order valence-electron chi connectivity index (χ1n) is 8.62. The first-order valence-corrected chi connectivity index (χ1v) is 9.50. The summed E-state index contributed by atoms with van der Waals surface area (Å²) in [5, 5.41) is 5.06. The van der Waals surface area contributed by atoms with Crippen LogP contribution in [0.5, 0.6) is 0 Å². The molecule has 0 N–H and O–H groups in total. The van der Waals surface area contributed by atoms with E-state index >= 15 is 0 Å². The van der Waals surface area contributed by atoms with Crippen molar-refractivity contribution in [2.24, 2.45) is 0 Å². The summed E-state index contributed by atoms with van der Waals surface area (Å²) < 4.78 is 7.19. The highest BCUT2D eigenvalue weighted by atomic mass is 32.2. The van der Waals surface area contributed by atoms with Gasteiger partial charge in [0, 0.05) is 19.0 Å². The SMILES string of the molecule is CC(Sc1nc(C(C)C)n(-c2ccccc2)n1)C(=O)N1CCOCC1. The summed E-state index contributed by atoms with van der Waals surface area (Å²) in [4.78, 5) is 19.1. The van der Waals surface area contributed by atoms with Crippen molar-refractivity contribution in [1.82, 2.24) is 19.7 Å². The zero-order valence-corrected chi connectivity index (χ0v) is 15.7. The highest BCUT2D eigenvalue weighted by Gasteiger charge is 2.25. The maximum atomic E-state index is 12.6. The number of morpholine rings is 1. The minimum atomic E-state index is -0.218. The predicted molar refractivity (Wildman–Crippen MR) is 98.2 cm³/mol. The molecular formula is C18H24N4O2S. The van der Waals surface area contributed by atoms with Crippen LogP contribution in [-0.2, 0) is 9.53 Å². The Morgan fingerprint density at radius 2 is 1.84 bits per heavy atom. The molecule has 0 spiro atoms. The van der Waals surface area contributed by atoms with Crippen LogP contribution in [0.2, 0.25) is 0 Å².